The van der Waals surface area contributed by atoms with Gasteiger partial charge in [0.05, 0.1) is 5.71 Å². The average Bonchev–Trinajstić information content (AvgIpc) is 3.22. The molecular weight excluding hydrogens is 657 g/mol. The Morgan fingerprint density at radius 2 is 1.74 bits per heavy atom. The quantitative estimate of drug-likeness (QED) is 0.197. The van der Waals surface area contributed by atoms with Crippen molar-refractivity contribution in [2.24, 2.45) is 34.1 Å². The number of rotatable bonds is 10. The molecule has 0 radical (unpaired) electrons. The van der Waals surface area contributed by atoms with Gasteiger partial charge in [-0.15, -0.1) is 0 Å². The Hall–Kier alpha value is -4.73. The number of nitrogens with zero attached hydrogens (tertiary/aromatic N) is 1. The van der Waals surface area contributed by atoms with Crippen molar-refractivity contribution in [3.05, 3.63) is 191 Å². The molecular formula is C51H56N2O. The molecule has 8 atom stereocenters. The summed E-state index contributed by atoms with van der Waals surface area (Å²) in [6.07, 6.45) is 39.9. The summed E-state index contributed by atoms with van der Waals surface area (Å²) in [5, 5.41) is 3.92. The van der Waals surface area contributed by atoms with Gasteiger partial charge in [-0.05, 0) is 122 Å². The second-order valence-electron chi connectivity index (χ2n) is 16.2. The van der Waals surface area contributed by atoms with Gasteiger partial charge in [0, 0.05) is 23.3 Å². The molecule has 1 N–H and O–H groups in total. The SMILES string of the molecule is C=C(C)C(=NC(N[C@H](C)c1ccccc1)c1cccc(C2C=CC=CC2)c1)C1=CCC(C2(C3CCC=CC3C)C3=C(C=CCC3)OC3=CC=CCC32)C=C1. The van der Waals surface area contributed by atoms with E-state index >= 15 is 0 Å². The van der Waals surface area contributed by atoms with Crippen LogP contribution in [0.25, 0.3) is 0 Å². The van der Waals surface area contributed by atoms with Crippen LogP contribution in [0.2, 0.25) is 0 Å². The van der Waals surface area contributed by atoms with Crippen molar-refractivity contribution in [1.82, 2.24) is 5.32 Å². The van der Waals surface area contributed by atoms with Gasteiger partial charge in [-0.2, -0.15) is 0 Å². The molecule has 3 heteroatoms. The number of allylic oxidation sites excluding steroid dienone is 18. The maximum atomic E-state index is 6.75. The van der Waals surface area contributed by atoms with Crippen LogP contribution >= 0.6 is 0 Å². The first kappa shape index (κ1) is 36.3. The van der Waals surface area contributed by atoms with Crippen molar-refractivity contribution in [2.45, 2.75) is 83.8 Å². The normalized spacial score (nSPS) is 29.8. The van der Waals surface area contributed by atoms with Gasteiger partial charge < -0.3 is 4.74 Å². The maximum Gasteiger partial charge on any atom is 0.126 e. The Labute approximate surface area is 323 Å². The monoisotopic (exact) mass is 712 g/mol. The molecule has 6 aliphatic rings. The van der Waals surface area contributed by atoms with Gasteiger partial charge in [-0.1, -0.05) is 141 Å². The minimum absolute atomic E-state index is 0.0173. The highest BCUT2D eigenvalue weighted by Crippen LogP contribution is 2.64. The molecule has 2 aromatic carbocycles. The highest BCUT2D eigenvalue weighted by Gasteiger charge is 2.58. The van der Waals surface area contributed by atoms with Gasteiger partial charge in [0.1, 0.15) is 17.7 Å². The van der Waals surface area contributed by atoms with E-state index in [0.717, 1.165) is 61.3 Å². The Kier molecular flexibility index (Phi) is 10.7. The van der Waals surface area contributed by atoms with Crippen molar-refractivity contribution in [3.8, 4) is 0 Å². The average molecular weight is 713 g/mol. The van der Waals surface area contributed by atoms with Crippen LogP contribution in [0.1, 0.15) is 101 Å². The molecule has 1 aliphatic heterocycles. The lowest BCUT2D eigenvalue weighted by Crippen LogP contribution is -2.52. The Bertz CT molecular complexity index is 2050. The fraction of sp³-hybridized carbons (Fsp3) is 0.353. The molecule has 1 heterocycles. The smallest absolute Gasteiger partial charge is 0.126 e. The molecule has 276 valence electrons. The minimum atomic E-state index is -0.248. The number of hydrogen-bond acceptors (Lipinski definition) is 3. The first-order valence-corrected chi connectivity index (χ1v) is 20.4. The zero-order valence-corrected chi connectivity index (χ0v) is 32.3. The van der Waals surface area contributed by atoms with Crippen LogP contribution < -0.4 is 5.32 Å². The second kappa shape index (κ2) is 15.9. The van der Waals surface area contributed by atoms with Crippen molar-refractivity contribution in [1.29, 1.82) is 0 Å². The van der Waals surface area contributed by atoms with E-state index in [1.54, 1.807) is 5.57 Å². The summed E-state index contributed by atoms with van der Waals surface area (Å²) in [5.41, 5.74) is 8.41. The minimum Gasteiger partial charge on any atom is -0.461 e. The fourth-order valence-corrected chi connectivity index (χ4v) is 10.3. The van der Waals surface area contributed by atoms with Crippen LogP contribution in [0.5, 0.6) is 0 Å². The van der Waals surface area contributed by atoms with E-state index in [1.807, 2.05) is 0 Å². The summed E-state index contributed by atoms with van der Waals surface area (Å²) >= 11 is 0. The van der Waals surface area contributed by atoms with E-state index in [-0.39, 0.29) is 17.6 Å². The summed E-state index contributed by atoms with van der Waals surface area (Å²) < 4.78 is 6.75. The number of fused-ring (bicyclic) bond motifs is 1. The third-order valence-corrected chi connectivity index (χ3v) is 12.9. The number of hydrogen-bond donors (Lipinski definition) is 1. The van der Waals surface area contributed by atoms with Gasteiger partial charge in [0.15, 0.2) is 0 Å². The van der Waals surface area contributed by atoms with E-state index in [1.165, 1.54) is 28.7 Å². The van der Waals surface area contributed by atoms with E-state index in [2.05, 4.69) is 172 Å². The molecule has 0 spiro atoms. The highest BCUT2D eigenvalue weighted by atomic mass is 16.5. The molecule has 3 nitrogen and oxygen atoms in total. The van der Waals surface area contributed by atoms with Crippen LogP contribution in [-0.2, 0) is 4.74 Å². The van der Waals surface area contributed by atoms with Crippen LogP contribution in [-0.4, -0.2) is 5.71 Å². The van der Waals surface area contributed by atoms with Gasteiger partial charge >= 0.3 is 0 Å². The standard InChI is InChI=1S/C51H56N2O/c1-35(2)49(53-50(52-37(4)38-19-7-5-8-20-38)42-24-17-23-41(34-42)39-21-9-6-10-22-39)40-30-32-43(33-31-40)51(44-25-12-11-18-36(44)3)45-26-13-15-28-47(45)54-48-29-16-14-27-46(48)51/h5-11,13,15-21,23-24,28-32,34,36-37,39,43-45,50,52H,1,12,14,22,25-27,33H2,2-4H3/t36?,37-,39?,43?,44?,45?,50?,51?/m1/s1. The van der Waals surface area contributed by atoms with Crippen LogP contribution in [0, 0.1) is 29.1 Å². The molecule has 0 amide bonds. The first-order valence-electron chi connectivity index (χ1n) is 20.4. The molecule has 2 aromatic rings. The molecule has 0 aromatic heterocycles. The third-order valence-electron chi connectivity index (χ3n) is 12.9. The summed E-state index contributed by atoms with van der Waals surface area (Å²) in [7, 11) is 0. The predicted molar refractivity (Wildman–Crippen MR) is 226 cm³/mol. The molecule has 7 unspecified atom stereocenters. The summed E-state index contributed by atoms with van der Waals surface area (Å²) in [4.78, 5) is 5.60. The maximum absolute atomic E-state index is 6.75. The predicted octanol–water partition coefficient (Wildman–Crippen LogP) is 12.8. The van der Waals surface area contributed by atoms with Gasteiger partial charge in [-0.3, -0.25) is 10.3 Å². The lowest BCUT2D eigenvalue weighted by atomic mass is 9.47. The molecule has 8 rings (SSSR count). The van der Waals surface area contributed by atoms with Crippen molar-refractivity contribution >= 4 is 5.71 Å². The Morgan fingerprint density at radius 3 is 2.52 bits per heavy atom. The van der Waals surface area contributed by atoms with Crippen LogP contribution in [0.4, 0.5) is 0 Å². The molecule has 0 saturated heterocycles. The van der Waals surface area contributed by atoms with Crippen molar-refractivity contribution in [3.63, 3.8) is 0 Å². The van der Waals surface area contributed by atoms with E-state index in [9.17, 15) is 0 Å². The van der Waals surface area contributed by atoms with Gasteiger partial charge in [0.2, 0.25) is 0 Å². The summed E-state index contributed by atoms with van der Waals surface area (Å²) in [6, 6.07) is 19.8. The zero-order chi connectivity index (χ0) is 37.1. The van der Waals surface area contributed by atoms with Crippen molar-refractivity contribution < 1.29 is 4.74 Å². The number of aliphatic imine (C=N–C) groups is 1. The zero-order valence-electron chi connectivity index (χ0n) is 32.3. The second-order valence-corrected chi connectivity index (χ2v) is 16.2. The van der Waals surface area contributed by atoms with Crippen molar-refractivity contribution in [2.75, 3.05) is 0 Å². The Morgan fingerprint density at radius 1 is 0.889 bits per heavy atom. The lowest BCUT2D eigenvalue weighted by molar-refractivity contribution is -0.00102. The van der Waals surface area contributed by atoms with Crippen LogP contribution in [0.3, 0.4) is 0 Å². The largest absolute Gasteiger partial charge is 0.461 e. The summed E-state index contributed by atoms with van der Waals surface area (Å²) in [5.74, 6) is 4.36. The van der Waals surface area contributed by atoms with Crippen LogP contribution in [0.15, 0.2) is 179 Å². The topological polar surface area (TPSA) is 33.6 Å². The molecule has 5 aliphatic carbocycles. The fourth-order valence-electron chi connectivity index (χ4n) is 10.3. The summed E-state index contributed by atoms with van der Waals surface area (Å²) in [6.45, 7) is 11.3. The number of ether oxygens (including phenoxy) is 1. The number of nitrogens with one attached hydrogen (secondary N) is 1. The number of benzene rings is 2. The molecule has 54 heavy (non-hydrogen) atoms. The van der Waals surface area contributed by atoms with E-state index < -0.39 is 0 Å². The Balaban J connectivity index is 1.17. The molecule has 0 fully saturated rings. The third kappa shape index (κ3) is 7.00. The van der Waals surface area contributed by atoms with Gasteiger partial charge in [-0.25, -0.2) is 0 Å². The first-order chi connectivity index (χ1) is 26.4. The lowest BCUT2D eigenvalue weighted by Gasteiger charge is -2.58. The van der Waals surface area contributed by atoms with Gasteiger partial charge in [0.25, 0.3) is 0 Å². The molecule has 0 bridgehead atoms. The van der Waals surface area contributed by atoms with E-state index in [0.29, 0.717) is 29.6 Å². The molecule has 0 saturated carbocycles. The van der Waals surface area contributed by atoms with E-state index in [4.69, 9.17) is 9.73 Å². The highest BCUT2D eigenvalue weighted by molar-refractivity contribution is 6.13.